The zero-order valence-electron chi connectivity index (χ0n) is 8.88. The van der Waals surface area contributed by atoms with Gasteiger partial charge in [-0.1, -0.05) is 6.58 Å². The average molecular weight is 190 g/mol. The van der Waals surface area contributed by atoms with E-state index in [1.165, 1.54) is 12.8 Å². The van der Waals surface area contributed by atoms with Crippen molar-refractivity contribution in [1.29, 1.82) is 0 Å². The molecule has 0 aromatic heterocycles. The molecule has 14 heavy (non-hydrogen) atoms. The van der Waals surface area contributed by atoms with Crippen LogP contribution in [0.2, 0.25) is 0 Å². The van der Waals surface area contributed by atoms with Gasteiger partial charge < -0.3 is 4.74 Å². The van der Waals surface area contributed by atoms with E-state index in [4.69, 9.17) is 4.74 Å². The van der Waals surface area contributed by atoms with E-state index in [0.717, 1.165) is 43.0 Å². The predicted molar refractivity (Wildman–Crippen MR) is 57.5 cm³/mol. The van der Waals surface area contributed by atoms with Crippen LogP contribution in [0, 0.1) is 29.6 Å². The molecule has 0 aromatic rings. The Kier molecular flexibility index (Phi) is 2.82. The van der Waals surface area contributed by atoms with Crippen molar-refractivity contribution in [2.24, 2.45) is 17.8 Å². The van der Waals surface area contributed by atoms with Crippen molar-refractivity contribution >= 4 is 0 Å². The Bertz CT molecular complexity index is 263. The number of hydrogen-bond acceptors (Lipinski definition) is 1. The Hall–Kier alpha value is -0.900. The van der Waals surface area contributed by atoms with Crippen LogP contribution in [0.3, 0.4) is 0 Å². The van der Waals surface area contributed by atoms with Crippen LogP contribution >= 0.6 is 0 Å². The van der Waals surface area contributed by atoms with Gasteiger partial charge in [-0.15, -0.1) is 11.8 Å². The summed E-state index contributed by atoms with van der Waals surface area (Å²) in [6.07, 6.45) is 4.74. The summed E-state index contributed by atoms with van der Waals surface area (Å²) in [5.74, 6) is 9.86. The van der Waals surface area contributed by atoms with Crippen molar-refractivity contribution in [2.45, 2.75) is 32.6 Å². The Morgan fingerprint density at radius 2 is 1.86 bits per heavy atom. The molecule has 0 aromatic carbocycles. The minimum Gasteiger partial charge on any atom is -0.499 e. The highest BCUT2D eigenvalue weighted by Crippen LogP contribution is 2.52. The molecule has 0 saturated heterocycles. The van der Waals surface area contributed by atoms with Crippen molar-refractivity contribution in [2.75, 3.05) is 6.61 Å². The van der Waals surface area contributed by atoms with E-state index in [2.05, 4.69) is 18.4 Å². The maximum absolute atomic E-state index is 5.50. The van der Waals surface area contributed by atoms with E-state index in [1.54, 1.807) is 0 Å². The van der Waals surface area contributed by atoms with Crippen LogP contribution in [0.25, 0.3) is 0 Å². The zero-order valence-corrected chi connectivity index (χ0v) is 8.88. The van der Waals surface area contributed by atoms with Crippen LogP contribution in [0.1, 0.15) is 32.6 Å². The van der Waals surface area contributed by atoms with Gasteiger partial charge in [0.05, 0.1) is 12.4 Å². The first-order valence-corrected chi connectivity index (χ1v) is 5.53. The normalized spacial score (nSPS) is 34.2. The van der Waals surface area contributed by atoms with E-state index >= 15 is 0 Å². The molecule has 2 aliphatic rings. The van der Waals surface area contributed by atoms with Crippen molar-refractivity contribution in [3.05, 3.63) is 12.3 Å². The van der Waals surface area contributed by atoms with Crippen molar-refractivity contribution in [1.82, 2.24) is 0 Å². The minimum atomic E-state index is 0.786. The van der Waals surface area contributed by atoms with Gasteiger partial charge in [0.2, 0.25) is 0 Å². The minimum absolute atomic E-state index is 0.786. The second kappa shape index (κ2) is 4.09. The highest BCUT2D eigenvalue weighted by Gasteiger charge is 2.48. The Balaban J connectivity index is 1.79. The second-order valence-corrected chi connectivity index (χ2v) is 4.44. The maximum Gasteiger partial charge on any atom is 0.0910 e. The van der Waals surface area contributed by atoms with Crippen molar-refractivity contribution in [3.8, 4) is 11.8 Å². The van der Waals surface area contributed by atoms with E-state index in [9.17, 15) is 0 Å². The number of ether oxygens (including phenoxy) is 1. The van der Waals surface area contributed by atoms with E-state index < -0.39 is 0 Å². The molecular formula is C13H18O. The molecule has 0 aliphatic heterocycles. The SMILES string of the molecule is C=C(C)OCC1C2CCC#CCCC21. The quantitative estimate of drug-likeness (QED) is 0.491. The lowest BCUT2D eigenvalue weighted by atomic mass is 10.1. The monoisotopic (exact) mass is 190 g/mol. The van der Waals surface area contributed by atoms with Gasteiger partial charge in [-0.3, -0.25) is 0 Å². The van der Waals surface area contributed by atoms with Crippen LogP contribution < -0.4 is 0 Å². The van der Waals surface area contributed by atoms with Gasteiger partial charge in [0.15, 0.2) is 0 Å². The van der Waals surface area contributed by atoms with Gasteiger partial charge in [0.1, 0.15) is 0 Å². The fourth-order valence-electron chi connectivity index (χ4n) is 2.52. The first kappa shape index (κ1) is 9.65. The Morgan fingerprint density at radius 3 is 2.36 bits per heavy atom. The fraction of sp³-hybridized carbons (Fsp3) is 0.692. The van der Waals surface area contributed by atoms with E-state index in [0.29, 0.717) is 0 Å². The van der Waals surface area contributed by atoms with Crippen LogP contribution in [0.5, 0.6) is 0 Å². The summed E-state index contributed by atoms with van der Waals surface area (Å²) < 4.78 is 5.50. The molecule has 2 atom stereocenters. The Labute approximate surface area is 86.5 Å². The number of rotatable bonds is 3. The third kappa shape index (κ3) is 2.12. The molecule has 2 rings (SSSR count). The van der Waals surface area contributed by atoms with E-state index in [1.807, 2.05) is 6.92 Å². The molecule has 0 spiro atoms. The summed E-state index contributed by atoms with van der Waals surface area (Å²) in [6, 6.07) is 0. The summed E-state index contributed by atoms with van der Waals surface area (Å²) >= 11 is 0. The standard InChI is InChI=1S/C13H18O/c1-10(2)14-9-13-11-7-5-3-4-6-8-12(11)13/h11-13H,1,5-9H2,2H3. The fourth-order valence-corrected chi connectivity index (χ4v) is 2.52. The molecule has 1 fully saturated rings. The lowest BCUT2D eigenvalue weighted by molar-refractivity contribution is 0.193. The summed E-state index contributed by atoms with van der Waals surface area (Å²) in [5, 5.41) is 0. The number of allylic oxidation sites excluding steroid dienone is 1. The van der Waals surface area contributed by atoms with Gasteiger partial charge in [-0.2, -0.15) is 0 Å². The van der Waals surface area contributed by atoms with Gasteiger partial charge in [0.25, 0.3) is 0 Å². The molecule has 1 heteroatoms. The largest absolute Gasteiger partial charge is 0.499 e. The summed E-state index contributed by atoms with van der Waals surface area (Å²) in [4.78, 5) is 0. The molecule has 2 unspecified atom stereocenters. The molecule has 0 amide bonds. The molecule has 2 aliphatic carbocycles. The van der Waals surface area contributed by atoms with Crippen LogP contribution in [-0.2, 0) is 4.74 Å². The molecule has 0 heterocycles. The van der Waals surface area contributed by atoms with Crippen molar-refractivity contribution in [3.63, 3.8) is 0 Å². The summed E-state index contributed by atoms with van der Waals surface area (Å²) in [5.41, 5.74) is 0. The smallest absolute Gasteiger partial charge is 0.0910 e. The third-order valence-electron chi connectivity index (χ3n) is 3.36. The molecule has 76 valence electrons. The molecule has 0 N–H and O–H groups in total. The highest BCUT2D eigenvalue weighted by atomic mass is 16.5. The lowest BCUT2D eigenvalue weighted by Crippen LogP contribution is -1.96. The van der Waals surface area contributed by atoms with Crippen LogP contribution in [0.15, 0.2) is 12.3 Å². The summed E-state index contributed by atoms with van der Waals surface area (Å²) in [6.45, 7) is 6.57. The van der Waals surface area contributed by atoms with Gasteiger partial charge in [-0.25, -0.2) is 0 Å². The van der Waals surface area contributed by atoms with Crippen molar-refractivity contribution < 1.29 is 4.74 Å². The number of hydrogen-bond donors (Lipinski definition) is 0. The van der Waals surface area contributed by atoms with Gasteiger partial charge in [0, 0.05) is 12.8 Å². The maximum atomic E-state index is 5.50. The predicted octanol–water partition coefficient (Wildman–Crippen LogP) is 2.98. The molecule has 1 saturated carbocycles. The Morgan fingerprint density at radius 1 is 1.29 bits per heavy atom. The average Bonchev–Trinajstić information content (AvgIpc) is 2.72. The first-order valence-electron chi connectivity index (χ1n) is 5.53. The topological polar surface area (TPSA) is 9.23 Å². The highest BCUT2D eigenvalue weighted by molar-refractivity contribution is 5.07. The van der Waals surface area contributed by atoms with E-state index in [-0.39, 0.29) is 0 Å². The van der Waals surface area contributed by atoms with Crippen LogP contribution in [0.4, 0.5) is 0 Å². The third-order valence-corrected chi connectivity index (χ3v) is 3.36. The van der Waals surface area contributed by atoms with Crippen LogP contribution in [-0.4, -0.2) is 6.61 Å². The van der Waals surface area contributed by atoms with Gasteiger partial charge in [-0.05, 0) is 37.5 Å². The van der Waals surface area contributed by atoms with Gasteiger partial charge >= 0.3 is 0 Å². The molecule has 1 nitrogen and oxygen atoms in total. The lowest BCUT2D eigenvalue weighted by Gasteiger charge is -2.03. The molecule has 0 radical (unpaired) electrons. The molecule has 0 bridgehead atoms. The molecular weight excluding hydrogens is 172 g/mol. The number of fused-ring (bicyclic) bond motifs is 1. The summed E-state index contributed by atoms with van der Waals surface area (Å²) in [7, 11) is 0. The zero-order chi connectivity index (χ0) is 9.97. The first-order chi connectivity index (χ1) is 6.79. The second-order valence-electron chi connectivity index (χ2n) is 4.44.